The molecule has 6 heteroatoms. The van der Waals surface area contributed by atoms with Gasteiger partial charge in [-0.05, 0) is 44.5 Å². The number of amides is 2. The fourth-order valence-electron chi connectivity index (χ4n) is 4.44. The minimum atomic E-state index is 0.159. The van der Waals surface area contributed by atoms with Crippen LogP contribution in [-0.2, 0) is 9.59 Å². The highest BCUT2D eigenvalue weighted by Gasteiger charge is 2.28. The molecule has 1 aromatic rings. The monoisotopic (exact) mass is 372 g/mol. The molecule has 0 unspecified atom stereocenters. The van der Waals surface area contributed by atoms with Gasteiger partial charge >= 0.3 is 0 Å². The molecule has 148 valence electrons. The van der Waals surface area contributed by atoms with Crippen LogP contribution in [0.1, 0.15) is 33.3 Å². The minimum absolute atomic E-state index is 0.159. The highest BCUT2D eigenvalue weighted by atomic mass is 16.2. The summed E-state index contributed by atoms with van der Waals surface area (Å²) in [5.74, 6) is 0.319. The van der Waals surface area contributed by atoms with Crippen molar-refractivity contribution in [3.05, 3.63) is 23.8 Å². The topological polar surface area (TPSA) is 47.1 Å². The molecule has 0 saturated carbocycles. The van der Waals surface area contributed by atoms with Gasteiger partial charge < -0.3 is 19.6 Å². The molecule has 2 aliphatic heterocycles. The molecule has 0 radical (unpaired) electrons. The van der Waals surface area contributed by atoms with Crippen LogP contribution in [0.25, 0.3) is 0 Å². The number of nitrogens with zero attached hydrogens (tertiary/aromatic N) is 4. The summed E-state index contributed by atoms with van der Waals surface area (Å²) in [7, 11) is 0. The quantitative estimate of drug-likeness (QED) is 0.798. The maximum atomic E-state index is 11.7. The van der Waals surface area contributed by atoms with E-state index in [1.807, 2.05) is 9.80 Å². The molecule has 2 atom stereocenters. The van der Waals surface area contributed by atoms with Crippen molar-refractivity contribution in [1.29, 1.82) is 0 Å². The van der Waals surface area contributed by atoms with Gasteiger partial charge in [0.25, 0.3) is 0 Å². The molecular formula is C21H32N4O2. The van der Waals surface area contributed by atoms with E-state index in [1.165, 1.54) is 16.9 Å². The highest BCUT2D eigenvalue weighted by molar-refractivity contribution is 5.74. The predicted molar refractivity (Wildman–Crippen MR) is 109 cm³/mol. The van der Waals surface area contributed by atoms with Gasteiger partial charge in [0.15, 0.2) is 0 Å². The second-order valence-corrected chi connectivity index (χ2v) is 7.99. The molecule has 0 N–H and O–H groups in total. The number of carbonyl (C=O) groups excluding carboxylic acids is 2. The van der Waals surface area contributed by atoms with Crippen molar-refractivity contribution in [3.8, 4) is 0 Å². The van der Waals surface area contributed by atoms with Crippen LogP contribution in [0, 0.1) is 6.92 Å². The van der Waals surface area contributed by atoms with Crippen molar-refractivity contribution in [3.63, 3.8) is 0 Å². The Hall–Kier alpha value is -2.24. The second-order valence-electron chi connectivity index (χ2n) is 7.99. The molecule has 0 aromatic heterocycles. The number of anilines is 2. The van der Waals surface area contributed by atoms with Crippen molar-refractivity contribution in [2.24, 2.45) is 0 Å². The molecule has 6 nitrogen and oxygen atoms in total. The SMILES string of the molecule is CC(=O)N1CCN(c2ccc(N3CCN(C(C)=O)[C@H](C)C3)c(C)c2)[C@H](C)C1. The zero-order valence-corrected chi connectivity index (χ0v) is 17.2. The molecule has 0 aliphatic carbocycles. The normalized spacial score (nSPS) is 23.6. The molecule has 27 heavy (non-hydrogen) atoms. The second kappa shape index (κ2) is 7.79. The molecule has 3 rings (SSSR count). The number of rotatable bonds is 2. The molecule has 2 aliphatic rings. The number of piperazine rings is 2. The smallest absolute Gasteiger partial charge is 0.219 e. The van der Waals surface area contributed by atoms with Gasteiger partial charge in [0.2, 0.25) is 11.8 Å². The summed E-state index contributed by atoms with van der Waals surface area (Å²) in [5, 5.41) is 0. The summed E-state index contributed by atoms with van der Waals surface area (Å²) < 4.78 is 0. The van der Waals surface area contributed by atoms with E-state index < -0.39 is 0 Å². The van der Waals surface area contributed by atoms with E-state index in [9.17, 15) is 9.59 Å². The van der Waals surface area contributed by atoms with E-state index >= 15 is 0 Å². The average Bonchev–Trinajstić information content (AvgIpc) is 2.61. The van der Waals surface area contributed by atoms with Gasteiger partial charge in [-0.15, -0.1) is 0 Å². The summed E-state index contributed by atoms with van der Waals surface area (Å²) >= 11 is 0. The maximum absolute atomic E-state index is 11.7. The first-order valence-corrected chi connectivity index (χ1v) is 9.93. The van der Waals surface area contributed by atoms with Crippen LogP contribution < -0.4 is 9.80 Å². The highest BCUT2D eigenvalue weighted by Crippen LogP contribution is 2.29. The van der Waals surface area contributed by atoms with Gasteiger partial charge in [-0.3, -0.25) is 9.59 Å². The number of benzene rings is 1. The first kappa shape index (κ1) is 19.5. The minimum Gasteiger partial charge on any atom is -0.367 e. The first-order valence-electron chi connectivity index (χ1n) is 9.93. The third-order valence-corrected chi connectivity index (χ3v) is 5.96. The summed E-state index contributed by atoms with van der Waals surface area (Å²) in [6.45, 7) is 14.7. The third kappa shape index (κ3) is 4.04. The molecule has 2 saturated heterocycles. The third-order valence-electron chi connectivity index (χ3n) is 5.96. The van der Waals surface area contributed by atoms with Crippen molar-refractivity contribution >= 4 is 23.2 Å². The Morgan fingerprint density at radius 3 is 2.22 bits per heavy atom. The summed E-state index contributed by atoms with van der Waals surface area (Å²) in [6.07, 6.45) is 0. The lowest BCUT2D eigenvalue weighted by molar-refractivity contribution is -0.131. The van der Waals surface area contributed by atoms with Gasteiger partial charge in [0, 0.05) is 76.6 Å². The molecule has 2 amide bonds. The van der Waals surface area contributed by atoms with E-state index in [0.717, 1.165) is 39.3 Å². The Morgan fingerprint density at radius 1 is 0.926 bits per heavy atom. The zero-order chi connectivity index (χ0) is 19.7. The summed E-state index contributed by atoms with van der Waals surface area (Å²) in [4.78, 5) is 32.0. The fourth-order valence-corrected chi connectivity index (χ4v) is 4.44. The van der Waals surface area contributed by atoms with Crippen LogP contribution in [0.15, 0.2) is 18.2 Å². The van der Waals surface area contributed by atoms with Crippen LogP contribution in [0.3, 0.4) is 0 Å². The van der Waals surface area contributed by atoms with E-state index in [4.69, 9.17) is 0 Å². The molecule has 2 heterocycles. The van der Waals surface area contributed by atoms with Gasteiger partial charge in [-0.1, -0.05) is 0 Å². The lowest BCUT2D eigenvalue weighted by Crippen LogP contribution is -2.54. The Balaban J connectivity index is 1.71. The number of hydrogen-bond acceptors (Lipinski definition) is 4. The lowest BCUT2D eigenvalue weighted by Gasteiger charge is -2.42. The lowest BCUT2D eigenvalue weighted by atomic mass is 10.1. The average molecular weight is 373 g/mol. The largest absolute Gasteiger partial charge is 0.367 e. The standard InChI is InChI=1S/C21H32N4O2/c1-15-12-20(25-11-8-22(18(4)26)13-17(25)3)6-7-21(15)23-9-10-24(19(5)27)16(2)14-23/h6-7,12,16-17H,8-11,13-14H2,1-5H3/t16-,17-/m1/s1. The van der Waals surface area contributed by atoms with Crippen molar-refractivity contribution < 1.29 is 9.59 Å². The van der Waals surface area contributed by atoms with Crippen LogP contribution in [-0.4, -0.2) is 73.0 Å². The van der Waals surface area contributed by atoms with Gasteiger partial charge in [0.05, 0.1) is 0 Å². The fraction of sp³-hybridized carbons (Fsp3) is 0.619. The number of hydrogen-bond donors (Lipinski definition) is 0. The molecule has 0 spiro atoms. The molecule has 1 aromatic carbocycles. The Morgan fingerprint density at radius 2 is 1.67 bits per heavy atom. The van der Waals surface area contributed by atoms with E-state index in [0.29, 0.717) is 6.04 Å². The Bertz CT molecular complexity index is 720. The molecule has 0 bridgehead atoms. The number of carbonyl (C=O) groups is 2. The molecule has 2 fully saturated rings. The van der Waals surface area contributed by atoms with Crippen LogP contribution in [0.5, 0.6) is 0 Å². The van der Waals surface area contributed by atoms with E-state index in [-0.39, 0.29) is 17.9 Å². The van der Waals surface area contributed by atoms with E-state index in [1.54, 1.807) is 13.8 Å². The Kier molecular flexibility index (Phi) is 5.63. The van der Waals surface area contributed by atoms with Crippen molar-refractivity contribution in [2.75, 3.05) is 49.1 Å². The maximum Gasteiger partial charge on any atom is 0.219 e. The van der Waals surface area contributed by atoms with Gasteiger partial charge in [-0.25, -0.2) is 0 Å². The number of aryl methyl sites for hydroxylation is 1. The van der Waals surface area contributed by atoms with Crippen molar-refractivity contribution in [2.45, 2.75) is 46.7 Å². The predicted octanol–water partition coefficient (Wildman–Crippen LogP) is 2.11. The summed E-state index contributed by atoms with van der Waals surface area (Å²) in [6, 6.07) is 7.22. The van der Waals surface area contributed by atoms with E-state index in [2.05, 4.69) is 48.8 Å². The Labute approximate surface area is 162 Å². The van der Waals surface area contributed by atoms with Crippen molar-refractivity contribution in [1.82, 2.24) is 9.80 Å². The summed E-state index contributed by atoms with van der Waals surface area (Å²) in [5.41, 5.74) is 3.74. The van der Waals surface area contributed by atoms with Crippen LogP contribution in [0.2, 0.25) is 0 Å². The molecular weight excluding hydrogens is 340 g/mol. The van der Waals surface area contributed by atoms with Crippen LogP contribution in [0.4, 0.5) is 11.4 Å². The van der Waals surface area contributed by atoms with Gasteiger partial charge in [0.1, 0.15) is 0 Å². The zero-order valence-electron chi connectivity index (χ0n) is 17.2. The van der Waals surface area contributed by atoms with Crippen LogP contribution >= 0.6 is 0 Å². The first-order chi connectivity index (χ1) is 12.8. The van der Waals surface area contributed by atoms with Gasteiger partial charge in [-0.2, -0.15) is 0 Å².